The van der Waals surface area contributed by atoms with Crippen LogP contribution in [0.15, 0.2) is 24.4 Å². The average Bonchev–Trinajstić information content (AvgIpc) is 3.09. The second-order valence-electron chi connectivity index (χ2n) is 7.56. The monoisotopic (exact) mass is 397 g/mol. The van der Waals surface area contributed by atoms with E-state index in [0.717, 1.165) is 43.1 Å². The maximum atomic E-state index is 7.00. The summed E-state index contributed by atoms with van der Waals surface area (Å²) in [6, 6.07) is 6.63. The zero-order valence-corrected chi connectivity index (χ0v) is 19.6. The number of aryl methyl sites for hydroxylation is 3. The Bertz CT molecular complexity index is 881. The van der Waals surface area contributed by atoms with Gasteiger partial charge in [0, 0.05) is 24.6 Å². The summed E-state index contributed by atoms with van der Waals surface area (Å²) in [5.41, 5.74) is 9.30. The SMILES string of the molecule is CCC.CCCc1nc(C(C)C)ccc1-c1nc2c(C)c[nH]c2cc1CC.CO. The minimum Gasteiger partial charge on any atom is -0.400 e. The maximum absolute atomic E-state index is 7.00. The van der Waals surface area contributed by atoms with E-state index in [9.17, 15) is 0 Å². The molecule has 3 aromatic heterocycles. The standard InChI is InChI=1S/C21H27N3.C3H8.CH4O/c1-6-8-18-16(9-10-17(23-18)13(3)4)21-15(7-2)11-19-20(24-21)14(5)12-22-19;1-3-2;1-2/h9-13,22H,6-8H2,1-5H3;3H2,1-2H3;2H,1H3. The summed E-state index contributed by atoms with van der Waals surface area (Å²) < 4.78 is 0. The largest absolute Gasteiger partial charge is 0.400 e. The molecule has 3 rings (SSSR count). The highest BCUT2D eigenvalue weighted by molar-refractivity contribution is 5.83. The Morgan fingerprint density at radius 3 is 2.24 bits per heavy atom. The van der Waals surface area contributed by atoms with Gasteiger partial charge in [0.15, 0.2) is 0 Å². The van der Waals surface area contributed by atoms with E-state index in [1.54, 1.807) is 0 Å². The van der Waals surface area contributed by atoms with Gasteiger partial charge in [0.05, 0.1) is 22.4 Å². The van der Waals surface area contributed by atoms with E-state index < -0.39 is 0 Å². The van der Waals surface area contributed by atoms with Gasteiger partial charge in [-0.25, -0.2) is 4.98 Å². The number of nitrogens with one attached hydrogen (secondary N) is 1. The van der Waals surface area contributed by atoms with Crippen LogP contribution < -0.4 is 0 Å². The Labute approximate surface area is 176 Å². The lowest BCUT2D eigenvalue weighted by Crippen LogP contribution is -2.03. The van der Waals surface area contributed by atoms with Crippen LogP contribution in [0, 0.1) is 6.92 Å². The molecule has 0 atom stereocenters. The number of pyridine rings is 2. The van der Waals surface area contributed by atoms with Gasteiger partial charge in [-0.2, -0.15) is 0 Å². The summed E-state index contributed by atoms with van der Waals surface area (Å²) in [6.45, 7) is 15.2. The minimum atomic E-state index is 0.447. The fourth-order valence-corrected chi connectivity index (χ4v) is 3.21. The summed E-state index contributed by atoms with van der Waals surface area (Å²) in [7, 11) is 1.00. The van der Waals surface area contributed by atoms with Crippen LogP contribution >= 0.6 is 0 Å². The number of hydrogen-bond donors (Lipinski definition) is 2. The molecule has 4 heteroatoms. The van der Waals surface area contributed by atoms with Crippen LogP contribution in [0.4, 0.5) is 0 Å². The number of nitrogens with zero attached hydrogens (tertiary/aromatic N) is 2. The Balaban J connectivity index is 0.000000771. The summed E-state index contributed by atoms with van der Waals surface area (Å²) in [5, 5.41) is 7.00. The van der Waals surface area contributed by atoms with Crippen LogP contribution in [0.25, 0.3) is 22.3 Å². The molecule has 0 radical (unpaired) electrons. The first-order valence-electron chi connectivity index (χ1n) is 10.9. The van der Waals surface area contributed by atoms with E-state index in [4.69, 9.17) is 15.1 Å². The summed E-state index contributed by atoms with van der Waals surface area (Å²) >= 11 is 0. The third kappa shape index (κ3) is 6.14. The van der Waals surface area contributed by atoms with Gasteiger partial charge in [-0.15, -0.1) is 0 Å². The molecule has 4 nitrogen and oxygen atoms in total. The molecule has 0 aliphatic rings. The lowest BCUT2D eigenvalue weighted by molar-refractivity contribution is 0.399. The highest BCUT2D eigenvalue weighted by atomic mass is 16.2. The third-order valence-electron chi connectivity index (χ3n) is 4.63. The zero-order valence-electron chi connectivity index (χ0n) is 19.6. The second-order valence-corrected chi connectivity index (χ2v) is 7.56. The van der Waals surface area contributed by atoms with E-state index in [0.29, 0.717) is 5.92 Å². The van der Waals surface area contributed by atoms with E-state index in [-0.39, 0.29) is 0 Å². The molecule has 3 aromatic rings. The normalized spacial score (nSPS) is 10.4. The molecule has 0 aromatic carbocycles. The van der Waals surface area contributed by atoms with Crippen molar-refractivity contribution >= 4 is 11.0 Å². The topological polar surface area (TPSA) is 61.8 Å². The third-order valence-corrected chi connectivity index (χ3v) is 4.63. The summed E-state index contributed by atoms with van der Waals surface area (Å²) in [6.07, 6.45) is 6.33. The first kappa shape index (κ1) is 24.8. The van der Waals surface area contributed by atoms with Crippen LogP contribution in [0.2, 0.25) is 0 Å². The van der Waals surface area contributed by atoms with E-state index in [1.807, 2.05) is 6.20 Å². The quantitative estimate of drug-likeness (QED) is 0.510. The van der Waals surface area contributed by atoms with E-state index >= 15 is 0 Å². The highest BCUT2D eigenvalue weighted by Crippen LogP contribution is 2.30. The molecular weight excluding hydrogens is 358 g/mol. The molecule has 0 bridgehead atoms. The van der Waals surface area contributed by atoms with Gasteiger partial charge < -0.3 is 10.1 Å². The lowest BCUT2D eigenvalue weighted by atomic mass is 9.98. The lowest BCUT2D eigenvalue weighted by Gasteiger charge is -2.14. The number of aliphatic hydroxyl groups is 1. The van der Waals surface area contributed by atoms with Crippen LogP contribution in [-0.2, 0) is 12.8 Å². The molecule has 0 unspecified atom stereocenters. The van der Waals surface area contributed by atoms with Crippen molar-refractivity contribution in [1.29, 1.82) is 0 Å². The van der Waals surface area contributed by atoms with Gasteiger partial charge in [-0.1, -0.05) is 54.4 Å². The predicted octanol–water partition coefficient (Wildman–Crippen LogP) is 6.60. The first-order chi connectivity index (χ1) is 14.0. The number of fused-ring (bicyclic) bond motifs is 1. The number of rotatable bonds is 5. The van der Waals surface area contributed by atoms with Crippen molar-refractivity contribution in [2.75, 3.05) is 7.11 Å². The molecule has 2 N–H and O–H groups in total. The van der Waals surface area contributed by atoms with Gasteiger partial charge in [0.1, 0.15) is 0 Å². The fourth-order valence-electron chi connectivity index (χ4n) is 3.21. The highest BCUT2D eigenvalue weighted by Gasteiger charge is 2.15. The predicted molar refractivity (Wildman–Crippen MR) is 126 cm³/mol. The molecule has 29 heavy (non-hydrogen) atoms. The molecular formula is C25H39N3O. The molecule has 0 saturated carbocycles. The van der Waals surface area contributed by atoms with Crippen molar-refractivity contribution in [1.82, 2.24) is 15.0 Å². The molecule has 160 valence electrons. The van der Waals surface area contributed by atoms with Crippen molar-refractivity contribution in [3.05, 3.63) is 46.9 Å². The van der Waals surface area contributed by atoms with Crippen LogP contribution in [0.5, 0.6) is 0 Å². The second kappa shape index (κ2) is 12.4. The van der Waals surface area contributed by atoms with Crippen molar-refractivity contribution in [2.45, 2.75) is 80.1 Å². The van der Waals surface area contributed by atoms with Gasteiger partial charge in [-0.05, 0) is 55.0 Å². The summed E-state index contributed by atoms with van der Waals surface area (Å²) in [4.78, 5) is 13.3. The van der Waals surface area contributed by atoms with Gasteiger partial charge >= 0.3 is 0 Å². The number of aliphatic hydroxyl groups excluding tert-OH is 1. The van der Waals surface area contributed by atoms with Crippen molar-refractivity contribution in [3.8, 4) is 11.3 Å². The van der Waals surface area contributed by atoms with Gasteiger partial charge in [-0.3, -0.25) is 4.98 Å². The van der Waals surface area contributed by atoms with Crippen LogP contribution in [0.3, 0.4) is 0 Å². The maximum Gasteiger partial charge on any atom is 0.0915 e. The Kier molecular flexibility index (Phi) is 10.6. The van der Waals surface area contributed by atoms with Gasteiger partial charge in [0.2, 0.25) is 0 Å². The number of H-pyrrole nitrogens is 1. The van der Waals surface area contributed by atoms with Gasteiger partial charge in [0.25, 0.3) is 0 Å². The fraction of sp³-hybridized carbons (Fsp3) is 0.520. The molecule has 0 fully saturated rings. The van der Waals surface area contributed by atoms with Crippen molar-refractivity contribution < 1.29 is 5.11 Å². The molecule has 0 amide bonds. The number of aromatic amines is 1. The van der Waals surface area contributed by atoms with Crippen LogP contribution in [0.1, 0.15) is 82.8 Å². The molecule has 0 aliphatic carbocycles. The molecule has 0 saturated heterocycles. The Morgan fingerprint density at radius 1 is 1.03 bits per heavy atom. The first-order valence-corrected chi connectivity index (χ1v) is 10.9. The minimum absolute atomic E-state index is 0.447. The smallest absolute Gasteiger partial charge is 0.0915 e. The van der Waals surface area contributed by atoms with Crippen LogP contribution in [-0.4, -0.2) is 27.2 Å². The number of hydrogen-bond acceptors (Lipinski definition) is 3. The molecule has 3 heterocycles. The summed E-state index contributed by atoms with van der Waals surface area (Å²) in [5.74, 6) is 0.447. The zero-order chi connectivity index (χ0) is 22.0. The Morgan fingerprint density at radius 2 is 1.69 bits per heavy atom. The van der Waals surface area contributed by atoms with E-state index in [1.165, 1.54) is 34.5 Å². The average molecular weight is 398 g/mol. The molecule has 0 aliphatic heterocycles. The number of aromatic nitrogens is 3. The van der Waals surface area contributed by atoms with E-state index in [2.05, 4.69) is 71.6 Å². The van der Waals surface area contributed by atoms with Crippen molar-refractivity contribution in [2.24, 2.45) is 0 Å². The molecule has 0 spiro atoms. The Hall–Kier alpha value is -2.20. The van der Waals surface area contributed by atoms with Crippen molar-refractivity contribution in [3.63, 3.8) is 0 Å².